The molecule has 2 aromatic rings. The van der Waals surface area contributed by atoms with Crippen LogP contribution in [-0.4, -0.2) is 19.4 Å². The molecule has 0 fully saturated rings. The number of esters is 1. The summed E-state index contributed by atoms with van der Waals surface area (Å²) in [5, 5.41) is 0. The Hall–Kier alpha value is -2.56. The summed E-state index contributed by atoms with van der Waals surface area (Å²) in [7, 11) is 1.38. The van der Waals surface area contributed by atoms with Crippen molar-refractivity contribution in [2.45, 2.75) is 19.3 Å². The van der Waals surface area contributed by atoms with Gasteiger partial charge in [0, 0.05) is 6.07 Å². The molecule has 1 aromatic heterocycles. The highest BCUT2D eigenvalue weighted by Crippen LogP contribution is 2.27. The Morgan fingerprint density at radius 1 is 1.24 bits per heavy atom. The van der Waals surface area contributed by atoms with Crippen LogP contribution in [0, 0.1) is 0 Å². The Bertz CT molecular complexity index is 612. The van der Waals surface area contributed by atoms with E-state index >= 15 is 0 Å². The van der Waals surface area contributed by atoms with E-state index in [1.807, 2.05) is 19.1 Å². The zero-order chi connectivity index (χ0) is 15.2. The molecule has 0 saturated heterocycles. The van der Waals surface area contributed by atoms with Crippen LogP contribution >= 0.6 is 0 Å². The molecular weight excluding hydrogens is 272 g/mol. The zero-order valence-corrected chi connectivity index (χ0v) is 11.9. The highest BCUT2D eigenvalue weighted by molar-refractivity contribution is 5.78. The maximum atomic E-state index is 11.7. The molecule has 1 heterocycles. The number of aldehydes is 1. The van der Waals surface area contributed by atoms with Gasteiger partial charge in [0.25, 0.3) is 5.95 Å². The van der Waals surface area contributed by atoms with Crippen molar-refractivity contribution in [2.75, 3.05) is 7.11 Å². The van der Waals surface area contributed by atoms with E-state index in [9.17, 15) is 9.59 Å². The SMILES string of the molecule is CCC(C(=O)OC)c1ccc(Oc2ccc(C=O)o2)cc1. The highest BCUT2D eigenvalue weighted by Gasteiger charge is 2.19. The summed E-state index contributed by atoms with van der Waals surface area (Å²) in [6, 6.07) is 10.2. The summed E-state index contributed by atoms with van der Waals surface area (Å²) in [5.41, 5.74) is 0.865. The van der Waals surface area contributed by atoms with E-state index in [0.29, 0.717) is 18.5 Å². The van der Waals surface area contributed by atoms with E-state index in [1.165, 1.54) is 13.2 Å². The van der Waals surface area contributed by atoms with Crippen LogP contribution in [0.2, 0.25) is 0 Å². The van der Waals surface area contributed by atoms with Crippen molar-refractivity contribution in [3.63, 3.8) is 0 Å². The van der Waals surface area contributed by atoms with E-state index in [1.54, 1.807) is 18.2 Å². The van der Waals surface area contributed by atoms with Gasteiger partial charge in [-0.2, -0.15) is 0 Å². The van der Waals surface area contributed by atoms with E-state index in [2.05, 4.69) is 0 Å². The van der Waals surface area contributed by atoms with Crippen LogP contribution in [0.25, 0.3) is 0 Å². The molecular formula is C16H16O5. The summed E-state index contributed by atoms with van der Waals surface area (Å²) >= 11 is 0. The number of carbonyl (C=O) groups excluding carboxylic acids is 2. The van der Waals surface area contributed by atoms with Crippen molar-refractivity contribution < 1.29 is 23.5 Å². The van der Waals surface area contributed by atoms with Crippen LogP contribution in [0.5, 0.6) is 11.7 Å². The standard InChI is InChI=1S/C16H16O5/c1-3-14(16(18)19-2)11-4-6-12(7-5-11)20-15-9-8-13(10-17)21-15/h4-10,14H,3H2,1-2H3. The molecule has 0 aliphatic heterocycles. The van der Waals surface area contributed by atoms with Gasteiger partial charge >= 0.3 is 5.97 Å². The second-order valence-electron chi connectivity index (χ2n) is 4.43. The minimum absolute atomic E-state index is 0.207. The maximum Gasteiger partial charge on any atom is 0.313 e. The Morgan fingerprint density at radius 3 is 2.48 bits per heavy atom. The van der Waals surface area contributed by atoms with Crippen LogP contribution < -0.4 is 4.74 Å². The fraction of sp³-hybridized carbons (Fsp3) is 0.250. The van der Waals surface area contributed by atoms with Gasteiger partial charge in [-0.05, 0) is 30.2 Å². The molecule has 0 radical (unpaired) electrons. The van der Waals surface area contributed by atoms with Gasteiger partial charge in [0.15, 0.2) is 12.0 Å². The number of ether oxygens (including phenoxy) is 2. The topological polar surface area (TPSA) is 65.7 Å². The molecule has 5 heteroatoms. The zero-order valence-electron chi connectivity index (χ0n) is 11.9. The molecule has 0 bridgehead atoms. The lowest BCUT2D eigenvalue weighted by molar-refractivity contribution is -0.142. The minimum Gasteiger partial charge on any atom is -0.469 e. The third kappa shape index (κ3) is 3.51. The predicted molar refractivity (Wildman–Crippen MR) is 75.7 cm³/mol. The summed E-state index contributed by atoms with van der Waals surface area (Å²) in [4.78, 5) is 22.2. The molecule has 0 aliphatic carbocycles. The molecule has 1 unspecified atom stereocenters. The lowest BCUT2D eigenvalue weighted by Gasteiger charge is -2.13. The summed E-state index contributed by atoms with van der Waals surface area (Å²) in [5.74, 6) is 0.468. The Kier molecular flexibility index (Phi) is 4.77. The van der Waals surface area contributed by atoms with Crippen LogP contribution in [-0.2, 0) is 9.53 Å². The molecule has 5 nitrogen and oxygen atoms in total. The first kappa shape index (κ1) is 14.8. The minimum atomic E-state index is -0.283. The third-order valence-corrected chi connectivity index (χ3v) is 3.11. The van der Waals surface area contributed by atoms with Crippen molar-refractivity contribution in [3.05, 3.63) is 47.7 Å². The van der Waals surface area contributed by atoms with Crippen molar-refractivity contribution in [1.82, 2.24) is 0 Å². The number of carbonyl (C=O) groups is 2. The lowest BCUT2D eigenvalue weighted by Crippen LogP contribution is -2.13. The Balaban J connectivity index is 2.11. The first-order valence-electron chi connectivity index (χ1n) is 6.58. The largest absolute Gasteiger partial charge is 0.469 e. The first-order valence-corrected chi connectivity index (χ1v) is 6.58. The number of hydrogen-bond donors (Lipinski definition) is 0. The van der Waals surface area contributed by atoms with Gasteiger partial charge in [0.2, 0.25) is 0 Å². The Labute approximate surface area is 122 Å². The van der Waals surface area contributed by atoms with E-state index < -0.39 is 0 Å². The normalized spacial score (nSPS) is 11.7. The van der Waals surface area contributed by atoms with Gasteiger partial charge in [-0.25, -0.2) is 0 Å². The predicted octanol–water partition coefficient (Wildman–Crippen LogP) is 3.55. The highest BCUT2D eigenvalue weighted by atomic mass is 16.6. The number of rotatable bonds is 6. The molecule has 0 aliphatic rings. The van der Waals surface area contributed by atoms with Gasteiger partial charge in [0.05, 0.1) is 13.0 Å². The van der Waals surface area contributed by atoms with Crippen LogP contribution in [0.4, 0.5) is 0 Å². The van der Waals surface area contributed by atoms with E-state index in [4.69, 9.17) is 13.9 Å². The van der Waals surface area contributed by atoms with Gasteiger partial charge < -0.3 is 13.9 Å². The van der Waals surface area contributed by atoms with Crippen LogP contribution in [0.1, 0.15) is 35.4 Å². The number of methoxy groups -OCH3 is 1. The number of benzene rings is 1. The Morgan fingerprint density at radius 2 is 1.95 bits per heavy atom. The molecule has 1 atom stereocenters. The third-order valence-electron chi connectivity index (χ3n) is 3.11. The second kappa shape index (κ2) is 6.74. The van der Waals surface area contributed by atoms with Gasteiger partial charge in [-0.15, -0.1) is 0 Å². The first-order chi connectivity index (χ1) is 10.2. The van der Waals surface area contributed by atoms with E-state index in [-0.39, 0.29) is 23.6 Å². The molecule has 0 amide bonds. The smallest absolute Gasteiger partial charge is 0.313 e. The average Bonchev–Trinajstić information content (AvgIpc) is 2.97. The second-order valence-corrected chi connectivity index (χ2v) is 4.43. The number of hydrogen-bond acceptors (Lipinski definition) is 5. The number of furan rings is 1. The molecule has 2 rings (SSSR count). The van der Waals surface area contributed by atoms with Crippen LogP contribution in [0.15, 0.2) is 40.8 Å². The summed E-state index contributed by atoms with van der Waals surface area (Å²) in [6.07, 6.45) is 1.27. The molecule has 0 spiro atoms. The molecule has 0 N–H and O–H groups in total. The maximum absolute atomic E-state index is 11.7. The molecule has 21 heavy (non-hydrogen) atoms. The summed E-state index contributed by atoms with van der Waals surface area (Å²) in [6.45, 7) is 1.93. The van der Waals surface area contributed by atoms with Gasteiger partial charge in [-0.1, -0.05) is 19.1 Å². The molecule has 1 aromatic carbocycles. The van der Waals surface area contributed by atoms with Crippen molar-refractivity contribution in [3.8, 4) is 11.7 Å². The fourth-order valence-corrected chi connectivity index (χ4v) is 2.02. The average molecular weight is 288 g/mol. The van der Waals surface area contributed by atoms with Crippen LogP contribution in [0.3, 0.4) is 0 Å². The van der Waals surface area contributed by atoms with Crippen molar-refractivity contribution in [1.29, 1.82) is 0 Å². The van der Waals surface area contributed by atoms with Gasteiger partial charge in [0.1, 0.15) is 5.75 Å². The van der Waals surface area contributed by atoms with E-state index in [0.717, 1.165) is 5.56 Å². The lowest BCUT2D eigenvalue weighted by atomic mass is 9.97. The molecule has 110 valence electrons. The fourth-order valence-electron chi connectivity index (χ4n) is 2.02. The van der Waals surface area contributed by atoms with Crippen molar-refractivity contribution >= 4 is 12.3 Å². The van der Waals surface area contributed by atoms with Gasteiger partial charge in [-0.3, -0.25) is 9.59 Å². The summed E-state index contributed by atoms with van der Waals surface area (Å²) < 4.78 is 15.4. The van der Waals surface area contributed by atoms with Crippen molar-refractivity contribution in [2.24, 2.45) is 0 Å². The monoisotopic (exact) mass is 288 g/mol. The molecule has 0 saturated carbocycles. The quantitative estimate of drug-likeness (QED) is 0.600.